The van der Waals surface area contributed by atoms with Crippen molar-refractivity contribution < 1.29 is 18.8 Å². The fourth-order valence-electron chi connectivity index (χ4n) is 3.57. The first kappa shape index (κ1) is 24.4. The third kappa shape index (κ3) is 5.77. The van der Waals surface area contributed by atoms with Crippen LogP contribution in [0.4, 0.5) is 16.1 Å². The molecule has 9 nitrogen and oxygen atoms in total. The van der Waals surface area contributed by atoms with Crippen molar-refractivity contribution >= 4 is 17.6 Å². The van der Waals surface area contributed by atoms with Gasteiger partial charge in [-0.25, -0.2) is 9.07 Å². The quantitative estimate of drug-likeness (QED) is 0.396. The number of aromatic nitrogens is 3. The van der Waals surface area contributed by atoms with Gasteiger partial charge in [0.15, 0.2) is 0 Å². The molecule has 0 saturated carbocycles. The third-order valence-corrected chi connectivity index (χ3v) is 4.96. The van der Waals surface area contributed by atoms with Gasteiger partial charge in [-0.2, -0.15) is 5.10 Å². The molecule has 3 rings (SSSR count). The van der Waals surface area contributed by atoms with Crippen molar-refractivity contribution in [1.82, 2.24) is 14.9 Å². The van der Waals surface area contributed by atoms with Crippen LogP contribution < -0.4 is 16.8 Å². The lowest BCUT2D eigenvalue weighted by Gasteiger charge is -2.14. The molecule has 10 heteroatoms. The van der Waals surface area contributed by atoms with Crippen LogP contribution in [0.1, 0.15) is 63.7 Å². The maximum atomic E-state index is 15.0. The molecule has 178 valence electrons. The summed E-state index contributed by atoms with van der Waals surface area (Å²) in [6, 6.07) is 5.93. The topological polar surface area (TPSA) is 145 Å². The first-order chi connectivity index (χ1) is 15.4. The average Bonchev–Trinajstić information content (AvgIpc) is 3.24. The van der Waals surface area contributed by atoms with Crippen LogP contribution in [0.3, 0.4) is 0 Å². The van der Waals surface area contributed by atoms with E-state index in [0.717, 1.165) is 5.69 Å². The number of halogens is 1. The van der Waals surface area contributed by atoms with Gasteiger partial charge in [-0.3, -0.25) is 10.1 Å². The van der Waals surface area contributed by atoms with Crippen LogP contribution in [0.25, 0.3) is 11.3 Å². The molecule has 0 radical (unpaired) electrons. The van der Waals surface area contributed by atoms with E-state index in [2.05, 4.69) is 36.3 Å². The summed E-state index contributed by atoms with van der Waals surface area (Å²) < 4.78 is 21.6. The number of rotatable bonds is 7. The Hall–Kier alpha value is -3.24. The van der Waals surface area contributed by atoms with Gasteiger partial charge in [0.05, 0.1) is 17.7 Å². The lowest BCUT2D eigenvalue weighted by molar-refractivity contribution is -0.115. The zero-order valence-electron chi connectivity index (χ0n) is 19.5. The molecule has 0 aliphatic rings. The Balaban J connectivity index is 1.77. The average molecular weight is 459 g/mol. The zero-order valence-corrected chi connectivity index (χ0v) is 19.5. The second-order valence-corrected chi connectivity index (χ2v) is 9.59. The minimum atomic E-state index is -1.41. The summed E-state index contributed by atoms with van der Waals surface area (Å²) >= 11 is 0. The van der Waals surface area contributed by atoms with Crippen LogP contribution in [0.15, 0.2) is 28.8 Å². The number of nitrogens with one attached hydrogen (secondary N) is 1. The fraction of sp³-hybridized carbons (Fsp3) is 0.435. The molecule has 1 unspecified atom stereocenters. The highest BCUT2D eigenvalue weighted by Gasteiger charge is 2.24. The number of aliphatic hydroxyl groups excluding tert-OH is 1. The highest BCUT2D eigenvalue weighted by molar-refractivity contribution is 5.91. The smallest absolute Gasteiger partial charge is 0.231 e. The minimum absolute atomic E-state index is 0.0346. The SMILES string of the molecule is CC(C)n1nc(-c2ccc(CC(=O)Nc3cc(CC(C)(C)C)no3)cc2F)c(C(N)O)c1N. The first-order valence-electron chi connectivity index (χ1n) is 10.7. The molecule has 1 aromatic carbocycles. The number of aliphatic hydroxyl groups is 1. The molecule has 2 heterocycles. The maximum absolute atomic E-state index is 15.0. The van der Waals surface area contributed by atoms with Crippen LogP contribution in [-0.2, 0) is 17.6 Å². The summed E-state index contributed by atoms with van der Waals surface area (Å²) in [6.45, 7) is 9.96. The van der Waals surface area contributed by atoms with Gasteiger partial charge in [-0.05, 0) is 43.4 Å². The Labute approximate surface area is 191 Å². The number of nitrogen functional groups attached to an aromatic ring is 1. The molecule has 1 atom stereocenters. The minimum Gasteiger partial charge on any atom is -0.384 e. The highest BCUT2D eigenvalue weighted by Crippen LogP contribution is 2.34. The summed E-state index contributed by atoms with van der Waals surface area (Å²) in [5.41, 5.74) is 13.4. The van der Waals surface area contributed by atoms with E-state index in [0.29, 0.717) is 12.0 Å². The van der Waals surface area contributed by atoms with Crippen LogP contribution >= 0.6 is 0 Å². The predicted molar refractivity (Wildman–Crippen MR) is 124 cm³/mol. The van der Waals surface area contributed by atoms with Gasteiger partial charge < -0.3 is 21.1 Å². The largest absolute Gasteiger partial charge is 0.384 e. The molecule has 33 heavy (non-hydrogen) atoms. The van der Waals surface area contributed by atoms with E-state index in [1.54, 1.807) is 12.1 Å². The van der Waals surface area contributed by atoms with Crippen molar-refractivity contribution in [1.29, 1.82) is 0 Å². The number of hydrogen-bond acceptors (Lipinski definition) is 7. The second-order valence-electron chi connectivity index (χ2n) is 9.59. The summed E-state index contributed by atoms with van der Waals surface area (Å²) in [5, 5.41) is 20.9. The molecule has 0 bridgehead atoms. The fourth-order valence-corrected chi connectivity index (χ4v) is 3.57. The number of hydrogen-bond donors (Lipinski definition) is 4. The summed E-state index contributed by atoms with van der Waals surface area (Å²) in [7, 11) is 0. The van der Waals surface area contributed by atoms with Crippen LogP contribution in [-0.4, -0.2) is 26.0 Å². The molecule has 3 aromatic rings. The van der Waals surface area contributed by atoms with E-state index in [1.165, 1.54) is 16.8 Å². The first-order valence-corrected chi connectivity index (χ1v) is 10.7. The third-order valence-electron chi connectivity index (χ3n) is 4.96. The van der Waals surface area contributed by atoms with Gasteiger partial charge in [-0.1, -0.05) is 32.0 Å². The van der Waals surface area contributed by atoms with Gasteiger partial charge >= 0.3 is 0 Å². The van der Waals surface area contributed by atoms with Gasteiger partial charge in [0, 0.05) is 17.7 Å². The number of carbonyl (C=O) groups is 1. The monoisotopic (exact) mass is 458 g/mol. The van der Waals surface area contributed by atoms with Crippen molar-refractivity contribution in [2.45, 2.75) is 59.7 Å². The molecule has 6 N–H and O–H groups in total. The molecule has 0 fully saturated rings. The van der Waals surface area contributed by atoms with Gasteiger partial charge in [0.25, 0.3) is 0 Å². The maximum Gasteiger partial charge on any atom is 0.231 e. The summed E-state index contributed by atoms with van der Waals surface area (Å²) in [4.78, 5) is 12.4. The van der Waals surface area contributed by atoms with E-state index < -0.39 is 12.0 Å². The van der Waals surface area contributed by atoms with Crippen LogP contribution in [0.5, 0.6) is 0 Å². The molecule has 0 spiro atoms. The van der Waals surface area contributed by atoms with Crippen molar-refractivity contribution in [3.63, 3.8) is 0 Å². The number of benzene rings is 1. The number of nitrogens with zero attached hydrogens (tertiary/aromatic N) is 3. The number of amides is 1. The number of carbonyl (C=O) groups excluding carboxylic acids is 1. The van der Waals surface area contributed by atoms with Crippen molar-refractivity contribution in [3.8, 4) is 11.3 Å². The van der Waals surface area contributed by atoms with Crippen LogP contribution in [0, 0.1) is 11.2 Å². The molecular weight excluding hydrogens is 427 g/mol. The predicted octanol–water partition coefficient (Wildman–Crippen LogP) is 3.56. The molecule has 0 aliphatic heterocycles. The lowest BCUT2D eigenvalue weighted by atomic mass is 9.91. The Bertz CT molecular complexity index is 1140. The van der Waals surface area contributed by atoms with Crippen molar-refractivity contribution in [2.24, 2.45) is 11.1 Å². The lowest BCUT2D eigenvalue weighted by Crippen LogP contribution is -2.14. The molecule has 2 aromatic heterocycles. The number of anilines is 2. The summed E-state index contributed by atoms with van der Waals surface area (Å²) in [6.07, 6.45) is -0.778. The Kier molecular flexibility index (Phi) is 6.89. The summed E-state index contributed by atoms with van der Waals surface area (Å²) in [5.74, 6) is -0.557. The zero-order chi connectivity index (χ0) is 24.5. The Morgan fingerprint density at radius 1 is 1.30 bits per heavy atom. The van der Waals surface area contributed by atoms with E-state index in [1.807, 2.05) is 13.8 Å². The van der Waals surface area contributed by atoms with E-state index in [-0.39, 0.29) is 52.3 Å². The van der Waals surface area contributed by atoms with Crippen LogP contribution in [0.2, 0.25) is 0 Å². The number of nitrogens with two attached hydrogens (primary N) is 2. The second kappa shape index (κ2) is 9.32. The van der Waals surface area contributed by atoms with Gasteiger partial charge in [0.1, 0.15) is 23.6 Å². The van der Waals surface area contributed by atoms with Crippen molar-refractivity contribution in [2.75, 3.05) is 11.1 Å². The Morgan fingerprint density at radius 3 is 2.58 bits per heavy atom. The van der Waals surface area contributed by atoms with Gasteiger partial charge in [0.2, 0.25) is 11.8 Å². The van der Waals surface area contributed by atoms with E-state index in [9.17, 15) is 14.3 Å². The van der Waals surface area contributed by atoms with E-state index in [4.69, 9.17) is 16.0 Å². The molecule has 1 amide bonds. The van der Waals surface area contributed by atoms with Gasteiger partial charge in [-0.15, -0.1) is 0 Å². The van der Waals surface area contributed by atoms with Crippen molar-refractivity contribution in [3.05, 3.63) is 46.9 Å². The molecule has 0 aliphatic carbocycles. The van der Waals surface area contributed by atoms with E-state index >= 15 is 0 Å². The standard InChI is InChI=1S/C23H31FN6O3/c1-12(2)30-21(25)19(22(26)32)20(28-30)15-7-6-13(8-16(15)24)9-17(31)27-18-10-14(29-33-18)11-23(3,4)5/h6-8,10,12,22,32H,9,11,25-26H2,1-5H3,(H,27,31). The molecular formula is C23H31FN6O3. The normalized spacial score (nSPS) is 12.9. The highest BCUT2D eigenvalue weighted by atomic mass is 19.1. The Morgan fingerprint density at radius 2 is 2.00 bits per heavy atom. The molecule has 0 saturated heterocycles.